The van der Waals surface area contributed by atoms with Crippen molar-refractivity contribution in [3.05, 3.63) is 6.92 Å². The van der Waals surface area contributed by atoms with Crippen molar-refractivity contribution < 1.29 is 108 Å². The van der Waals surface area contributed by atoms with Gasteiger partial charge in [-0.3, -0.25) is 0 Å². The number of rotatable bonds is 35. The van der Waals surface area contributed by atoms with Crippen molar-refractivity contribution in [3.8, 4) is 0 Å². The molecular weight excluding hydrogens is 613 g/mol. The Kier molecular flexibility index (Phi) is 64.8. The van der Waals surface area contributed by atoms with Gasteiger partial charge in [-0.2, -0.15) is 6.42 Å². The first-order chi connectivity index (χ1) is 21.5. The second-order valence-electron chi connectivity index (χ2n) is 13.5. The molecule has 0 heterocycles. The minimum atomic E-state index is -1.31. The predicted molar refractivity (Wildman–Crippen MR) is 187 cm³/mol. The van der Waals surface area contributed by atoms with Crippen LogP contribution in [-0.2, 0) is 9.59 Å². The normalized spacial score (nSPS) is 11.0. The maximum atomic E-state index is 10.8. The first-order valence-electron chi connectivity index (χ1n) is 19.7. The minimum absolute atomic E-state index is 0. The molecule has 7 heteroatoms. The van der Waals surface area contributed by atoms with Crippen molar-refractivity contribution in [2.75, 3.05) is 0 Å². The molecule has 0 aliphatic rings. The third-order valence-corrected chi connectivity index (χ3v) is 9.01. The Balaban J connectivity index is -0.000000249. The van der Waals surface area contributed by atoms with Crippen LogP contribution in [0.1, 0.15) is 232 Å². The quantitative estimate of drug-likeness (QED) is 0.0581. The molecule has 0 aliphatic heterocycles. The Labute approximate surface area is 361 Å². The van der Waals surface area contributed by atoms with Gasteiger partial charge in [0.25, 0.3) is 0 Å². The van der Waals surface area contributed by atoms with Crippen LogP contribution in [0.15, 0.2) is 0 Å². The number of hydrogen-bond acceptors (Lipinski definition) is 4. The minimum Gasteiger partial charge on any atom is -0.550 e. The zero-order valence-electron chi connectivity index (χ0n) is 33.0. The summed E-state index contributed by atoms with van der Waals surface area (Å²) in [6.45, 7) is 8.43. The first kappa shape index (κ1) is 58.3. The molecule has 4 nitrogen and oxygen atoms in total. The van der Waals surface area contributed by atoms with Crippen LogP contribution in [0.4, 0.5) is 0 Å². The van der Waals surface area contributed by atoms with E-state index < -0.39 is 24.3 Å². The van der Waals surface area contributed by atoms with Crippen molar-refractivity contribution in [2.45, 2.75) is 232 Å². The number of carbonyl (C=O) groups excluding carboxylic acids is 2. The van der Waals surface area contributed by atoms with Crippen LogP contribution in [0.5, 0.6) is 0 Å². The number of carboxylic acid groups (broad SMARTS) is 2. The second kappa shape index (κ2) is 52.3. The summed E-state index contributed by atoms with van der Waals surface area (Å²) in [5.74, 6) is -3.47. The topological polar surface area (TPSA) is 80.3 Å². The molecule has 0 spiro atoms. The predicted octanol–water partition coefficient (Wildman–Crippen LogP) is 2.24. The van der Waals surface area contributed by atoms with Crippen LogP contribution in [0.25, 0.3) is 0 Å². The SMILES string of the molecule is CCCCCCCCCCCCCCCCCCC(CC(=O)[O-])C(=O)[O-].[CH2-]CCCCCCCCCCCCCCCCC.[Na+].[Na+].[Na+]. The Morgan fingerprint density at radius 3 is 0.872 bits per heavy atom. The molecule has 0 N–H and O–H groups in total. The summed E-state index contributed by atoms with van der Waals surface area (Å²) in [5.41, 5.74) is 0. The molecule has 0 saturated carbocycles. The van der Waals surface area contributed by atoms with Gasteiger partial charge in [0.1, 0.15) is 0 Å². The Bertz CT molecular complexity index is 562. The van der Waals surface area contributed by atoms with Crippen molar-refractivity contribution in [1.29, 1.82) is 0 Å². The van der Waals surface area contributed by atoms with E-state index in [1.165, 1.54) is 180 Å². The van der Waals surface area contributed by atoms with Gasteiger partial charge in [0, 0.05) is 17.9 Å². The maximum Gasteiger partial charge on any atom is 1.00 e. The van der Waals surface area contributed by atoms with Gasteiger partial charge in [0.2, 0.25) is 0 Å². The summed E-state index contributed by atoms with van der Waals surface area (Å²) in [6.07, 6.45) is 43.1. The van der Waals surface area contributed by atoms with Gasteiger partial charge in [0.05, 0.1) is 0 Å². The molecule has 1 unspecified atom stereocenters. The summed E-state index contributed by atoms with van der Waals surface area (Å²) >= 11 is 0. The smallest absolute Gasteiger partial charge is 0.550 e. The van der Waals surface area contributed by atoms with Crippen molar-refractivity contribution in [3.63, 3.8) is 0 Å². The molecule has 264 valence electrons. The van der Waals surface area contributed by atoms with E-state index in [9.17, 15) is 19.8 Å². The van der Waals surface area contributed by atoms with Gasteiger partial charge in [-0.15, -0.1) is 0 Å². The molecule has 0 radical (unpaired) electrons. The van der Waals surface area contributed by atoms with Crippen LogP contribution in [0.3, 0.4) is 0 Å². The number of aliphatic carboxylic acids is 2. The van der Waals surface area contributed by atoms with E-state index in [0.717, 1.165) is 25.7 Å². The molecule has 0 amide bonds. The van der Waals surface area contributed by atoms with Crippen LogP contribution in [0.2, 0.25) is 0 Å². The summed E-state index contributed by atoms with van der Waals surface area (Å²) in [7, 11) is 0. The van der Waals surface area contributed by atoms with E-state index in [0.29, 0.717) is 6.42 Å². The van der Waals surface area contributed by atoms with Gasteiger partial charge in [-0.05, 0) is 12.8 Å². The summed E-state index contributed by atoms with van der Waals surface area (Å²) in [4.78, 5) is 21.3. The van der Waals surface area contributed by atoms with E-state index in [-0.39, 0.29) is 88.7 Å². The molecule has 0 saturated heterocycles. The molecule has 0 fully saturated rings. The van der Waals surface area contributed by atoms with Gasteiger partial charge in [-0.25, -0.2) is 0 Å². The van der Waals surface area contributed by atoms with Gasteiger partial charge in [0.15, 0.2) is 0 Å². The zero-order valence-corrected chi connectivity index (χ0v) is 39.0. The number of carbonyl (C=O) groups is 2. The van der Waals surface area contributed by atoms with Gasteiger partial charge in [-0.1, -0.05) is 213 Å². The first-order valence-corrected chi connectivity index (χ1v) is 19.7. The molecule has 47 heavy (non-hydrogen) atoms. The fourth-order valence-electron chi connectivity index (χ4n) is 5.99. The Hall–Kier alpha value is 1.94. The number of unbranched alkanes of at least 4 members (excludes halogenated alkanes) is 30. The van der Waals surface area contributed by atoms with E-state index in [2.05, 4.69) is 20.8 Å². The Morgan fingerprint density at radius 2 is 0.660 bits per heavy atom. The molecule has 0 aromatic heterocycles. The third-order valence-electron chi connectivity index (χ3n) is 9.01. The Morgan fingerprint density at radius 1 is 0.426 bits per heavy atom. The second-order valence-corrected chi connectivity index (χ2v) is 13.5. The molecule has 0 aromatic carbocycles. The van der Waals surface area contributed by atoms with Crippen LogP contribution in [0, 0.1) is 12.8 Å². The summed E-state index contributed by atoms with van der Waals surface area (Å²) < 4.78 is 0. The van der Waals surface area contributed by atoms with Crippen molar-refractivity contribution in [1.82, 2.24) is 0 Å². The molecule has 1 atom stereocenters. The van der Waals surface area contributed by atoms with Crippen LogP contribution < -0.4 is 98.9 Å². The van der Waals surface area contributed by atoms with E-state index in [1.54, 1.807) is 0 Å². The molecule has 0 rings (SSSR count). The molecule has 0 aromatic rings. The molecular formula is C40H77Na3O4. The molecule has 0 bridgehead atoms. The molecule has 0 aliphatic carbocycles. The number of carboxylic acids is 2. The van der Waals surface area contributed by atoms with Crippen LogP contribution in [-0.4, -0.2) is 11.9 Å². The fraction of sp³-hybridized carbons (Fsp3) is 0.925. The monoisotopic (exact) mass is 691 g/mol. The van der Waals surface area contributed by atoms with Crippen molar-refractivity contribution in [2.24, 2.45) is 5.92 Å². The largest absolute Gasteiger partial charge is 1.00 e. The summed E-state index contributed by atoms with van der Waals surface area (Å²) in [5, 5.41) is 21.3. The van der Waals surface area contributed by atoms with Gasteiger partial charge < -0.3 is 26.7 Å². The van der Waals surface area contributed by atoms with Gasteiger partial charge >= 0.3 is 88.7 Å². The zero-order chi connectivity index (χ0) is 32.8. The van der Waals surface area contributed by atoms with E-state index in [1.807, 2.05) is 0 Å². The fourth-order valence-corrected chi connectivity index (χ4v) is 5.99. The summed E-state index contributed by atoms with van der Waals surface area (Å²) in [6, 6.07) is 0. The third kappa shape index (κ3) is 54.9. The van der Waals surface area contributed by atoms with E-state index >= 15 is 0 Å². The average Bonchev–Trinajstić information content (AvgIpc) is 3.00. The average molecular weight is 691 g/mol. The standard InChI is InChI=1S/C22H42O4.C18H37.3Na/c1-2-3-4-5-6-7-8-9-10-11-12-13-14-15-16-17-18-20(22(25)26)19-21(23)24;1-3-5-7-9-11-13-15-17-18-16-14-12-10-8-6-4-2;;;/h20H,2-19H2,1H3,(H,23,24)(H,25,26);1,3-18H2,2H3;;;/q;-1;3*+1/p-2. The van der Waals surface area contributed by atoms with Crippen LogP contribution >= 0.6 is 0 Å². The maximum absolute atomic E-state index is 10.8. The van der Waals surface area contributed by atoms with Crippen molar-refractivity contribution >= 4 is 11.9 Å². The number of hydrogen-bond donors (Lipinski definition) is 0. The van der Waals surface area contributed by atoms with E-state index in [4.69, 9.17) is 0 Å².